The lowest BCUT2D eigenvalue weighted by Crippen LogP contribution is -2.04. The lowest BCUT2D eigenvalue weighted by molar-refractivity contribution is -0.136. The van der Waals surface area contributed by atoms with Gasteiger partial charge in [0.05, 0.1) is 18.1 Å². The number of aliphatic carboxylic acids is 1. The van der Waals surface area contributed by atoms with Gasteiger partial charge in [-0.25, -0.2) is 0 Å². The number of benzene rings is 1. The number of nitrogens with zero attached hydrogens (tertiary/aromatic N) is 1. The van der Waals surface area contributed by atoms with Gasteiger partial charge in [0.15, 0.2) is 0 Å². The van der Waals surface area contributed by atoms with Gasteiger partial charge in [0.25, 0.3) is 0 Å². The number of halogens is 2. The molecule has 0 aliphatic rings. The standard InChI is InChI=1S/C9H5BrINO2/c10-6-1-5(4-12)7(3-9(13)14)8(11)2-6/h1-2H,3H2,(H,13,14). The summed E-state index contributed by atoms with van der Waals surface area (Å²) in [5, 5.41) is 17.5. The maximum absolute atomic E-state index is 10.5. The summed E-state index contributed by atoms with van der Waals surface area (Å²) in [6.45, 7) is 0. The number of carboxylic acid groups (broad SMARTS) is 1. The average Bonchev–Trinajstić information content (AvgIpc) is 2.08. The van der Waals surface area contributed by atoms with Crippen molar-refractivity contribution in [2.24, 2.45) is 0 Å². The van der Waals surface area contributed by atoms with Crippen LogP contribution < -0.4 is 0 Å². The number of carboxylic acids is 1. The van der Waals surface area contributed by atoms with Crippen molar-refractivity contribution < 1.29 is 9.90 Å². The van der Waals surface area contributed by atoms with E-state index in [9.17, 15) is 4.79 Å². The largest absolute Gasteiger partial charge is 0.481 e. The van der Waals surface area contributed by atoms with Crippen molar-refractivity contribution in [1.82, 2.24) is 0 Å². The van der Waals surface area contributed by atoms with Crippen LogP contribution in [-0.4, -0.2) is 11.1 Å². The summed E-state index contributed by atoms with van der Waals surface area (Å²) in [5.41, 5.74) is 0.981. The van der Waals surface area contributed by atoms with Gasteiger partial charge in [-0.3, -0.25) is 4.79 Å². The van der Waals surface area contributed by atoms with Gasteiger partial charge >= 0.3 is 5.97 Å². The molecule has 0 aliphatic heterocycles. The van der Waals surface area contributed by atoms with Crippen LogP contribution in [0.4, 0.5) is 0 Å². The van der Waals surface area contributed by atoms with Crippen molar-refractivity contribution in [3.63, 3.8) is 0 Å². The molecule has 0 unspecified atom stereocenters. The summed E-state index contributed by atoms with van der Waals surface area (Å²) in [6, 6.07) is 5.40. The summed E-state index contributed by atoms with van der Waals surface area (Å²) in [6.07, 6.45) is -0.117. The van der Waals surface area contributed by atoms with E-state index in [-0.39, 0.29) is 6.42 Å². The molecule has 0 heterocycles. The fraction of sp³-hybridized carbons (Fsp3) is 0.111. The Morgan fingerprint density at radius 2 is 2.29 bits per heavy atom. The van der Waals surface area contributed by atoms with Crippen LogP contribution >= 0.6 is 38.5 Å². The van der Waals surface area contributed by atoms with E-state index in [0.29, 0.717) is 11.1 Å². The molecule has 1 aromatic carbocycles. The van der Waals surface area contributed by atoms with Gasteiger partial charge in [0, 0.05) is 8.04 Å². The smallest absolute Gasteiger partial charge is 0.307 e. The number of hydrogen-bond donors (Lipinski definition) is 1. The van der Waals surface area contributed by atoms with Crippen LogP contribution in [0.3, 0.4) is 0 Å². The zero-order valence-electron chi connectivity index (χ0n) is 6.92. The number of rotatable bonds is 2. The summed E-state index contributed by atoms with van der Waals surface area (Å²) in [4.78, 5) is 10.5. The summed E-state index contributed by atoms with van der Waals surface area (Å²) >= 11 is 5.27. The molecule has 0 radical (unpaired) electrons. The molecule has 0 saturated carbocycles. The minimum atomic E-state index is -0.929. The topological polar surface area (TPSA) is 61.1 Å². The first-order valence-corrected chi connectivity index (χ1v) is 5.51. The van der Waals surface area contributed by atoms with E-state index in [0.717, 1.165) is 8.04 Å². The molecule has 0 bridgehead atoms. The highest BCUT2D eigenvalue weighted by atomic mass is 127. The predicted molar refractivity (Wildman–Crippen MR) is 62.9 cm³/mol. The highest BCUT2D eigenvalue weighted by Crippen LogP contribution is 2.23. The lowest BCUT2D eigenvalue weighted by atomic mass is 10.1. The maximum Gasteiger partial charge on any atom is 0.307 e. The molecule has 3 nitrogen and oxygen atoms in total. The van der Waals surface area contributed by atoms with E-state index in [2.05, 4.69) is 15.9 Å². The molecule has 0 atom stereocenters. The highest BCUT2D eigenvalue weighted by Gasteiger charge is 2.11. The molecular weight excluding hydrogens is 361 g/mol. The molecule has 0 amide bonds. The SMILES string of the molecule is N#Cc1cc(Br)cc(I)c1CC(=O)O. The Bertz CT molecular complexity index is 426. The lowest BCUT2D eigenvalue weighted by Gasteiger charge is -2.04. The maximum atomic E-state index is 10.5. The summed E-state index contributed by atoms with van der Waals surface area (Å²) in [7, 11) is 0. The van der Waals surface area contributed by atoms with Gasteiger partial charge < -0.3 is 5.11 Å². The van der Waals surface area contributed by atoms with E-state index in [1.807, 2.05) is 28.7 Å². The summed E-state index contributed by atoms with van der Waals surface area (Å²) in [5.74, 6) is -0.929. The van der Waals surface area contributed by atoms with E-state index >= 15 is 0 Å². The first-order valence-electron chi connectivity index (χ1n) is 3.64. The third-order valence-electron chi connectivity index (χ3n) is 1.61. The van der Waals surface area contributed by atoms with Gasteiger partial charge in [0.2, 0.25) is 0 Å². The van der Waals surface area contributed by atoms with Crippen LogP contribution in [0.15, 0.2) is 16.6 Å². The van der Waals surface area contributed by atoms with Crippen molar-refractivity contribution in [3.05, 3.63) is 31.3 Å². The van der Waals surface area contributed by atoms with Gasteiger partial charge in [-0.15, -0.1) is 0 Å². The minimum absolute atomic E-state index is 0.117. The number of hydrogen-bond acceptors (Lipinski definition) is 2. The second kappa shape index (κ2) is 4.75. The van der Waals surface area contributed by atoms with Gasteiger partial charge in [0.1, 0.15) is 0 Å². The first kappa shape index (κ1) is 11.5. The Labute approximate surface area is 103 Å². The normalized spacial score (nSPS) is 9.50. The number of nitriles is 1. The third kappa shape index (κ3) is 2.69. The zero-order valence-corrected chi connectivity index (χ0v) is 10.7. The van der Waals surface area contributed by atoms with E-state index < -0.39 is 5.97 Å². The third-order valence-corrected chi connectivity index (χ3v) is 3.03. The Morgan fingerprint density at radius 1 is 1.64 bits per heavy atom. The van der Waals surface area contributed by atoms with E-state index in [4.69, 9.17) is 10.4 Å². The van der Waals surface area contributed by atoms with Crippen molar-refractivity contribution >= 4 is 44.5 Å². The fourth-order valence-corrected chi connectivity index (χ4v) is 2.74. The van der Waals surface area contributed by atoms with Gasteiger partial charge in [-0.1, -0.05) is 15.9 Å². The Hall–Kier alpha value is -0.610. The molecule has 0 fully saturated rings. The molecule has 5 heteroatoms. The Morgan fingerprint density at radius 3 is 2.79 bits per heavy atom. The Kier molecular flexibility index (Phi) is 3.89. The van der Waals surface area contributed by atoms with Gasteiger partial charge in [-0.05, 0) is 40.3 Å². The molecule has 0 aromatic heterocycles. The van der Waals surface area contributed by atoms with Crippen LogP contribution in [-0.2, 0) is 11.2 Å². The molecular formula is C9H5BrINO2. The van der Waals surface area contributed by atoms with Crippen LogP contribution in [0.5, 0.6) is 0 Å². The molecule has 14 heavy (non-hydrogen) atoms. The predicted octanol–water partition coefficient (Wildman–Crippen LogP) is 2.55. The van der Waals surface area contributed by atoms with Crippen LogP contribution in [0, 0.1) is 14.9 Å². The fourth-order valence-electron chi connectivity index (χ4n) is 1.03. The van der Waals surface area contributed by atoms with Crippen LogP contribution in [0.25, 0.3) is 0 Å². The van der Waals surface area contributed by atoms with Crippen LogP contribution in [0.2, 0.25) is 0 Å². The molecule has 72 valence electrons. The number of carbonyl (C=O) groups is 1. The molecule has 0 spiro atoms. The Balaban J connectivity index is 3.27. The monoisotopic (exact) mass is 365 g/mol. The quantitative estimate of drug-likeness (QED) is 0.819. The first-order chi connectivity index (χ1) is 6.54. The second-order valence-corrected chi connectivity index (χ2v) is 4.67. The molecule has 1 aromatic rings. The molecule has 1 rings (SSSR count). The van der Waals surface area contributed by atoms with E-state index in [1.165, 1.54) is 0 Å². The minimum Gasteiger partial charge on any atom is -0.481 e. The molecule has 0 aliphatic carbocycles. The van der Waals surface area contributed by atoms with E-state index in [1.54, 1.807) is 12.1 Å². The van der Waals surface area contributed by atoms with Crippen molar-refractivity contribution in [2.45, 2.75) is 6.42 Å². The average molecular weight is 366 g/mol. The van der Waals surface area contributed by atoms with Crippen molar-refractivity contribution in [2.75, 3.05) is 0 Å². The molecule has 0 saturated heterocycles. The van der Waals surface area contributed by atoms with Crippen LogP contribution in [0.1, 0.15) is 11.1 Å². The zero-order chi connectivity index (χ0) is 10.7. The molecule has 1 N–H and O–H groups in total. The second-order valence-electron chi connectivity index (χ2n) is 2.60. The summed E-state index contributed by atoms with van der Waals surface area (Å²) < 4.78 is 1.57. The van der Waals surface area contributed by atoms with Crippen molar-refractivity contribution in [3.8, 4) is 6.07 Å². The van der Waals surface area contributed by atoms with Gasteiger partial charge in [-0.2, -0.15) is 5.26 Å². The van der Waals surface area contributed by atoms with Crippen molar-refractivity contribution in [1.29, 1.82) is 5.26 Å². The highest BCUT2D eigenvalue weighted by molar-refractivity contribution is 14.1.